The Hall–Kier alpha value is -4.97. The molecule has 0 aromatic heterocycles. The van der Waals surface area contributed by atoms with Crippen LogP contribution in [0, 0.1) is 75.5 Å². The van der Waals surface area contributed by atoms with Crippen LogP contribution in [0.3, 0.4) is 0 Å². The largest absolute Gasteiger partial charge is 0.346 e. The van der Waals surface area contributed by atoms with E-state index in [1.54, 1.807) is 0 Å². The van der Waals surface area contributed by atoms with Crippen LogP contribution in [-0.4, -0.2) is 41.4 Å². The van der Waals surface area contributed by atoms with Crippen LogP contribution < -0.4 is 4.90 Å². The molecule has 1 aliphatic heterocycles. The van der Waals surface area contributed by atoms with Gasteiger partial charge in [-0.3, -0.25) is 14.7 Å². The van der Waals surface area contributed by atoms with Crippen LogP contribution in [-0.2, 0) is 19.6 Å². The summed E-state index contributed by atoms with van der Waals surface area (Å²) in [4.78, 5) is 9.81. The van der Waals surface area contributed by atoms with Crippen molar-refractivity contribution in [1.82, 2.24) is 14.7 Å². The third kappa shape index (κ3) is 7.22. The maximum Gasteiger partial charge on any atom is 0.142 e. The van der Waals surface area contributed by atoms with Crippen molar-refractivity contribution in [2.75, 3.05) is 25.3 Å². The van der Waals surface area contributed by atoms with E-state index in [0.717, 1.165) is 75.6 Å². The van der Waals surface area contributed by atoms with E-state index in [9.17, 15) is 15.8 Å². The molecule has 0 radical (unpaired) electrons. The Labute approximate surface area is 280 Å². The van der Waals surface area contributed by atoms with Gasteiger partial charge in [0.25, 0.3) is 0 Å². The number of nitriles is 3. The lowest BCUT2D eigenvalue weighted by molar-refractivity contribution is -0.0960. The van der Waals surface area contributed by atoms with Crippen molar-refractivity contribution < 1.29 is 0 Å². The van der Waals surface area contributed by atoms with Crippen molar-refractivity contribution in [3.8, 4) is 18.2 Å². The number of aryl methyl sites for hydroxylation is 6. The molecule has 5 rings (SSSR count). The first kappa shape index (κ1) is 33.4. The van der Waals surface area contributed by atoms with Gasteiger partial charge in [-0.15, -0.1) is 0 Å². The lowest BCUT2D eigenvalue weighted by Crippen LogP contribution is -2.65. The number of nitrogens with zero attached hydrogens (tertiary/aromatic N) is 7. The molecule has 0 unspecified atom stereocenters. The van der Waals surface area contributed by atoms with Crippen molar-refractivity contribution in [3.05, 3.63) is 133 Å². The zero-order chi connectivity index (χ0) is 33.8. The number of benzene rings is 4. The monoisotopic (exact) mass is 621 g/mol. The number of anilines is 1. The van der Waals surface area contributed by atoms with E-state index < -0.39 is 0 Å². The summed E-state index contributed by atoms with van der Waals surface area (Å²) in [5, 5.41) is 29.1. The molecule has 1 aliphatic rings. The van der Waals surface area contributed by atoms with Crippen molar-refractivity contribution in [1.29, 1.82) is 15.8 Å². The van der Waals surface area contributed by atoms with Crippen LogP contribution >= 0.6 is 0 Å². The normalized spacial score (nSPS) is 14.4. The zero-order valence-corrected chi connectivity index (χ0v) is 28.6. The number of hydrogen-bond donors (Lipinski definition) is 0. The minimum Gasteiger partial charge on any atom is -0.346 e. The first-order chi connectivity index (χ1) is 22.5. The van der Waals surface area contributed by atoms with Crippen LogP contribution in [0.15, 0.2) is 66.7 Å². The van der Waals surface area contributed by atoms with Crippen LogP contribution in [0.2, 0.25) is 0 Å². The van der Waals surface area contributed by atoms with E-state index in [1.807, 2.05) is 47.6 Å². The van der Waals surface area contributed by atoms with Crippen LogP contribution in [0.4, 0.5) is 5.69 Å². The Bertz CT molecular complexity index is 1760. The average Bonchev–Trinajstić information content (AvgIpc) is 3.01. The Morgan fingerprint density at radius 1 is 0.574 bits per heavy atom. The zero-order valence-electron chi connectivity index (χ0n) is 28.6. The number of rotatable bonds is 8. The van der Waals surface area contributed by atoms with Gasteiger partial charge in [0.1, 0.15) is 6.29 Å². The molecule has 1 fully saturated rings. The molecule has 0 aliphatic carbocycles. The van der Waals surface area contributed by atoms with Gasteiger partial charge < -0.3 is 4.90 Å². The first-order valence-electron chi connectivity index (χ1n) is 16.0. The SMILES string of the molecule is Cc1cc(CN2CN(Cc3cc(C)c(C#N)c(C)c3)C(N(C)c3ccccc3)N(Cc3cc(C)c(C#N)c(C)c3)C2)cc(C)c1C#N. The molecule has 0 bridgehead atoms. The van der Waals surface area contributed by atoms with Gasteiger partial charge in [0.15, 0.2) is 0 Å². The molecule has 0 spiro atoms. The summed E-state index contributed by atoms with van der Waals surface area (Å²) < 4.78 is 0. The fourth-order valence-electron chi connectivity index (χ4n) is 7.27. The van der Waals surface area contributed by atoms with Gasteiger partial charge >= 0.3 is 0 Å². The Kier molecular flexibility index (Phi) is 10.1. The van der Waals surface area contributed by atoms with Crippen molar-refractivity contribution in [3.63, 3.8) is 0 Å². The minimum absolute atomic E-state index is 0.0781. The minimum atomic E-state index is -0.0781. The number of para-hydroxylation sites is 1. The quantitative estimate of drug-likeness (QED) is 0.204. The van der Waals surface area contributed by atoms with Gasteiger partial charge in [0, 0.05) is 32.4 Å². The predicted octanol–water partition coefficient (Wildman–Crippen LogP) is 7.31. The Morgan fingerprint density at radius 3 is 1.26 bits per heavy atom. The molecular formula is C40H43N7. The molecular weight excluding hydrogens is 578 g/mol. The second kappa shape index (κ2) is 14.2. The summed E-state index contributed by atoms with van der Waals surface area (Å²) in [6.45, 7) is 15.7. The predicted molar refractivity (Wildman–Crippen MR) is 187 cm³/mol. The summed E-state index contributed by atoms with van der Waals surface area (Å²) in [6, 6.07) is 30.5. The lowest BCUT2D eigenvalue weighted by Gasteiger charge is -2.52. The summed E-state index contributed by atoms with van der Waals surface area (Å²) in [5.74, 6) is 0. The first-order valence-corrected chi connectivity index (χ1v) is 16.0. The summed E-state index contributed by atoms with van der Waals surface area (Å²) in [6.07, 6.45) is -0.0781. The third-order valence-electron chi connectivity index (χ3n) is 9.22. The highest BCUT2D eigenvalue weighted by molar-refractivity contribution is 5.49. The van der Waals surface area contributed by atoms with Crippen molar-refractivity contribution >= 4 is 5.69 Å². The van der Waals surface area contributed by atoms with E-state index in [1.165, 1.54) is 16.7 Å². The maximum absolute atomic E-state index is 9.73. The molecule has 7 heteroatoms. The van der Waals surface area contributed by atoms with Crippen molar-refractivity contribution in [2.24, 2.45) is 0 Å². The van der Waals surface area contributed by atoms with Gasteiger partial charge in [-0.2, -0.15) is 15.8 Å². The van der Waals surface area contributed by atoms with Crippen molar-refractivity contribution in [2.45, 2.75) is 67.5 Å². The maximum atomic E-state index is 9.73. The molecule has 47 heavy (non-hydrogen) atoms. The van der Waals surface area contributed by atoms with E-state index in [4.69, 9.17) is 0 Å². The lowest BCUT2D eigenvalue weighted by atomic mass is 9.99. The van der Waals surface area contributed by atoms with E-state index in [-0.39, 0.29) is 6.29 Å². The highest BCUT2D eigenvalue weighted by Crippen LogP contribution is 2.30. The average molecular weight is 622 g/mol. The van der Waals surface area contributed by atoms with E-state index in [2.05, 4.69) is 106 Å². The molecule has 1 saturated heterocycles. The topological polar surface area (TPSA) is 84.3 Å². The van der Waals surface area contributed by atoms with Crippen LogP contribution in [0.25, 0.3) is 0 Å². The second-order valence-electron chi connectivity index (χ2n) is 13.0. The van der Waals surface area contributed by atoms with E-state index >= 15 is 0 Å². The fourth-order valence-corrected chi connectivity index (χ4v) is 7.27. The molecule has 4 aromatic carbocycles. The van der Waals surface area contributed by atoms with Gasteiger partial charge in [-0.25, -0.2) is 0 Å². The Morgan fingerprint density at radius 2 is 0.915 bits per heavy atom. The molecule has 0 saturated carbocycles. The summed E-state index contributed by atoms with van der Waals surface area (Å²) in [7, 11) is 2.16. The molecule has 0 amide bonds. The Balaban J connectivity index is 1.59. The van der Waals surface area contributed by atoms with Gasteiger partial charge in [0.05, 0.1) is 48.2 Å². The van der Waals surface area contributed by atoms with Gasteiger partial charge in [-0.1, -0.05) is 54.6 Å². The second-order valence-corrected chi connectivity index (χ2v) is 13.0. The molecule has 4 aromatic rings. The summed E-state index contributed by atoms with van der Waals surface area (Å²) in [5.41, 5.74) is 12.9. The van der Waals surface area contributed by atoms with E-state index in [0.29, 0.717) is 13.1 Å². The molecule has 7 nitrogen and oxygen atoms in total. The molecule has 0 atom stereocenters. The van der Waals surface area contributed by atoms with Gasteiger partial charge in [0.2, 0.25) is 0 Å². The number of hydrogen-bond acceptors (Lipinski definition) is 7. The van der Waals surface area contributed by atoms with Crippen LogP contribution in [0.5, 0.6) is 0 Å². The highest BCUT2D eigenvalue weighted by atomic mass is 15.6. The fraction of sp³-hybridized carbons (Fsp3) is 0.325. The summed E-state index contributed by atoms with van der Waals surface area (Å²) >= 11 is 0. The third-order valence-corrected chi connectivity index (χ3v) is 9.22. The van der Waals surface area contributed by atoms with Gasteiger partial charge in [-0.05, 0) is 104 Å². The highest BCUT2D eigenvalue weighted by Gasteiger charge is 2.36. The molecule has 238 valence electrons. The standard InChI is InChI=1S/C40H43N7/c1-27-13-33(14-28(2)37(27)19-41)22-45-25-46(23-34-15-29(3)38(20-42)30(4)16-34)40(44(7)36-11-9-8-10-12-36)47(26-45)24-35-17-31(5)39(21-43)32(6)18-35/h8-18,40H,22-26H2,1-7H3. The molecule has 0 N–H and O–H groups in total. The van der Waals surface area contributed by atoms with Crippen LogP contribution in [0.1, 0.15) is 66.8 Å². The smallest absolute Gasteiger partial charge is 0.142 e. The molecule has 1 heterocycles.